The van der Waals surface area contributed by atoms with Crippen molar-refractivity contribution in [1.29, 1.82) is 0 Å². The largest absolute Gasteiger partial charge is 0.0999 e. The molecule has 0 amide bonds. The average Bonchev–Trinajstić information content (AvgIpc) is 2.14. The lowest BCUT2D eigenvalue weighted by Gasteiger charge is -2.29. The third-order valence-electron chi connectivity index (χ3n) is 4.35. The van der Waals surface area contributed by atoms with Crippen LogP contribution in [-0.2, 0) is 0 Å². The van der Waals surface area contributed by atoms with Crippen molar-refractivity contribution in [2.24, 2.45) is 29.6 Å². The SMILES string of the molecule is C=C(C)C(C)C(C)C(C)CC(C)C(C)C. The van der Waals surface area contributed by atoms with Crippen molar-refractivity contribution in [1.82, 2.24) is 0 Å². The highest BCUT2D eigenvalue weighted by Crippen LogP contribution is 2.31. The van der Waals surface area contributed by atoms with Crippen LogP contribution >= 0.6 is 0 Å². The van der Waals surface area contributed by atoms with Crippen LogP contribution in [-0.4, -0.2) is 0 Å². The average molecular weight is 210 g/mol. The molecule has 0 radical (unpaired) electrons. The molecule has 0 nitrogen and oxygen atoms in total. The molecule has 4 atom stereocenters. The maximum atomic E-state index is 4.07. The van der Waals surface area contributed by atoms with Gasteiger partial charge in [0.15, 0.2) is 0 Å². The summed E-state index contributed by atoms with van der Waals surface area (Å²) in [7, 11) is 0. The van der Waals surface area contributed by atoms with Crippen LogP contribution in [0.2, 0.25) is 0 Å². The fraction of sp³-hybridized carbons (Fsp3) is 0.867. The Morgan fingerprint density at radius 2 is 1.40 bits per heavy atom. The van der Waals surface area contributed by atoms with Gasteiger partial charge >= 0.3 is 0 Å². The van der Waals surface area contributed by atoms with E-state index >= 15 is 0 Å². The van der Waals surface area contributed by atoms with Gasteiger partial charge in [0.05, 0.1) is 0 Å². The van der Waals surface area contributed by atoms with Crippen molar-refractivity contribution in [2.75, 3.05) is 0 Å². The molecule has 0 heterocycles. The topological polar surface area (TPSA) is 0 Å². The van der Waals surface area contributed by atoms with Gasteiger partial charge in [-0.05, 0) is 42.9 Å². The zero-order valence-corrected chi connectivity index (χ0v) is 11.8. The summed E-state index contributed by atoms with van der Waals surface area (Å²) >= 11 is 0. The normalized spacial score (nSPS) is 19.7. The predicted molar refractivity (Wildman–Crippen MR) is 70.9 cm³/mol. The van der Waals surface area contributed by atoms with Gasteiger partial charge in [0.25, 0.3) is 0 Å². The van der Waals surface area contributed by atoms with E-state index in [0.717, 1.165) is 23.7 Å². The molecule has 0 aromatic heterocycles. The Balaban J connectivity index is 4.20. The molecule has 0 spiro atoms. The summed E-state index contributed by atoms with van der Waals surface area (Å²) in [5.41, 5.74) is 1.33. The summed E-state index contributed by atoms with van der Waals surface area (Å²) in [6, 6.07) is 0. The molecule has 0 aromatic carbocycles. The first kappa shape index (κ1) is 14.7. The molecule has 0 aliphatic heterocycles. The summed E-state index contributed by atoms with van der Waals surface area (Å²) in [5.74, 6) is 3.84. The van der Waals surface area contributed by atoms with Crippen LogP contribution in [0, 0.1) is 29.6 Å². The van der Waals surface area contributed by atoms with Crippen LogP contribution in [0.15, 0.2) is 12.2 Å². The van der Waals surface area contributed by atoms with Gasteiger partial charge < -0.3 is 0 Å². The van der Waals surface area contributed by atoms with E-state index in [-0.39, 0.29) is 0 Å². The molecule has 0 rings (SSSR count). The van der Waals surface area contributed by atoms with E-state index in [1.165, 1.54) is 12.0 Å². The summed E-state index contributed by atoms with van der Waals surface area (Å²) in [6.45, 7) is 20.3. The van der Waals surface area contributed by atoms with E-state index < -0.39 is 0 Å². The maximum Gasteiger partial charge on any atom is -0.0209 e. The molecule has 15 heavy (non-hydrogen) atoms. The highest BCUT2D eigenvalue weighted by atomic mass is 14.3. The fourth-order valence-electron chi connectivity index (χ4n) is 2.01. The monoisotopic (exact) mass is 210 g/mol. The number of allylic oxidation sites excluding steroid dienone is 1. The standard InChI is InChI=1S/C15H30/c1-10(2)12(5)9-13(6)15(8)14(7)11(3)4/h10,12-15H,3,9H2,1-2,4-8H3. The second kappa shape index (κ2) is 6.35. The van der Waals surface area contributed by atoms with Crippen LogP contribution in [0.5, 0.6) is 0 Å². The Morgan fingerprint density at radius 1 is 0.933 bits per heavy atom. The molecular weight excluding hydrogens is 180 g/mol. The molecule has 0 heteroatoms. The molecule has 0 aliphatic rings. The highest BCUT2D eigenvalue weighted by Gasteiger charge is 2.22. The molecular formula is C15H30. The number of hydrogen-bond donors (Lipinski definition) is 0. The lowest BCUT2D eigenvalue weighted by molar-refractivity contribution is 0.236. The van der Waals surface area contributed by atoms with E-state index in [0.29, 0.717) is 5.92 Å². The van der Waals surface area contributed by atoms with Crippen LogP contribution < -0.4 is 0 Å². The maximum absolute atomic E-state index is 4.07. The Labute approximate surface area is 97.2 Å². The number of rotatable bonds is 6. The summed E-state index contributed by atoms with van der Waals surface area (Å²) in [4.78, 5) is 0. The lowest BCUT2D eigenvalue weighted by atomic mass is 9.76. The molecule has 0 aliphatic carbocycles. The van der Waals surface area contributed by atoms with E-state index in [2.05, 4.69) is 55.0 Å². The van der Waals surface area contributed by atoms with E-state index in [4.69, 9.17) is 0 Å². The van der Waals surface area contributed by atoms with E-state index in [9.17, 15) is 0 Å². The van der Waals surface area contributed by atoms with Crippen molar-refractivity contribution in [3.63, 3.8) is 0 Å². The van der Waals surface area contributed by atoms with Gasteiger partial charge in [0, 0.05) is 0 Å². The molecule has 4 unspecified atom stereocenters. The van der Waals surface area contributed by atoms with Gasteiger partial charge in [-0.2, -0.15) is 0 Å². The van der Waals surface area contributed by atoms with Gasteiger partial charge in [-0.15, -0.1) is 0 Å². The van der Waals surface area contributed by atoms with Crippen molar-refractivity contribution in [2.45, 2.75) is 54.9 Å². The van der Waals surface area contributed by atoms with Crippen LogP contribution in [0.3, 0.4) is 0 Å². The molecule has 0 fully saturated rings. The van der Waals surface area contributed by atoms with Crippen LogP contribution in [0.1, 0.15) is 54.9 Å². The fourth-order valence-corrected chi connectivity index (χ4v) is 2.01. The summed E-state index contributed by atoms with van der Waals surface area (Å²) in [6.07, 6.45) is 1.34. The number of hydrogen-bond acceptors (Lipinski definition) is 0. The predicted octanol–water partition coefficient (Wildman–Crippen LogP) is 5.15. The summed E-state index contributed by atoms with van der Waals surface area (Å²) < 4.78 is 0. The van der Waals surface area contributed by atoms with Crippen LogP contribution in [0.25, 0.3) is 0 Å². The third kappa shape index (κ3) is 4.86. The first-order valence-corrected chi connectivity index (χ1v) is 6.42. The smallest absolute Gasteiger partial charge is 0.0209 e. The van der Waals surface area contributed by atoms with Gasteiger partial charge in [-0.1, -0.05) is 53.7 Å². The minimum absolute atomic E-state index is 0.652. The minimum Gasteiger partial charge on any atom is -0.0999 e. The molecule has 0 bridgehead atoms. The second-order valence-corrected chi connectivity index (χ2v) is 5.93. The van der Waals surface area contributed by atoms with Crippen molar-refractivity contribution >= 4 is 0 Å². The Morgan fingerprint density at radius 3 is 1.73 bits per heavy atom. The minimum atomic E-state index is 0.652. The molecule has 0 aromatic rings. The summed E-state index contributed by atoms with van der Waals surface area (Å²) in [5, 5.41) is 0. The first-order chi connectivity index (χ1) is 6.77. The van der Waals surface area contributed by atoms with E-state index in [1.54, 1.807) is 0 Å². The molecule has 90 valence electrons. The Kier molecular flexibility index (Phi) is 6.24. The van der Waals surface area contributed by atoms with Crippen molar-refractivity contribution in [3.8, 4) is 0 Å². The first-order valence-electron chi connectivity index (χ1n) is 6.42. The molecule has 0 saturated carbocycles. The van der Waals surface area contributed by atoms with E-state index in [1.807, 2.05) is 0 Å². The third-order valence-corrected chi connectivity index (χ3v) is 4.35. The Bertz CT molecular complexity index is 190. The van der Waals surface area contributed by atoms with Gasteiger partial charge in [-0.25, -0.2) is 0 Å². The van der Waals surface area contributed by atoms with Crippen molar-refractivity contribution in [3.05, 3.63) is 12.2 Å². The molecule has 0 N–H and O–H groups in total. The zero-order chi connectivity index (χ0) is 12.2. The quantitative estimate of drug-likeness (QED) is 0.532. The van der Waals surface area contributed by atoms with Crippen LogP contribution in [0.4, 0.5) is 0 Å². The van der Waals surface area contributed by atoms with Gasteiger partial charge in [0.2, 0.25) is 0 Å². The highest BCUT2D eigenvalue weighted by molar-refractivity contribution is 4.96. The van der Waals surface area contributed by atoms with Crippen molar-refractivity contribution < 1.29 is 0 Å². The zero-order valence-electron chi connectivity index (χ0n) is 11.8. The lowest BCUT2D eigenvalue weighted by Crippen LogP contribution is -2.20. The molecule has 0 saturated heterocycles. The van der Waals surface area contributed by atoms with Gasteiger partial charge in [-0.3, -0.25) is 0 Å². The van der Waals surface area contributed by atoms with Gasteiger partial charge in [0.1, 0.15) is 0 Å². The Hall–Kier alpha value is -0.260. The second-order valence-electron chi connectivity index (χ2n) is 5.93.